The zero-order valence-electron chi connectivity index (χ0n) is 9.81. The number of unbranched alkanes of at least 4 members (excludes halogenated alkanes) is 1. The summed E-state index contributed by atoms with van der Waals surface area (Å²) in [4.78, 5) is 10.8. The molecule has 5 heteroatoms. The molecule has 0 rings (SSSR count). The lowest BCUT2D eigenvalue weighted by Crippen LogP contribution is -2.17. The van der Waals surface area contributed by atoms with Gasteiger partial charge in [0.15, 0.2) is 0 Å². The fourth-order valence-electron chi connectivity index (χ4n) is 1.04. The van der Waals surface area contributed by atoms with Crippen molar-refractivity contribution in [2.75, 3.05) is 5.88 Å². The van der Waals surface area contributed by atoms with E-state index in [1.807, 2.05) is 20.8 Å². The summed E-state index contributed by atoms with van der Waals surface area (Å²) in [6.07, 6.45) is 3.33. The Kier molecular flexibility index (Phi) is 10.7. The Morgan fingerprint density at radius 1 is 1.40 bits per heavy atom. The Hall–Kier alpha value is 0.00688. The van der Waals surface area contributed by atoms with Gasteiger partial charge in [0.05, 0.1) is 0 Å². The average Bonchev–Trinajstić information content (AvgIpc) is 2.13. The summed E-state index contributed by atoms with van der Waals surface area (Å²) < 4.78 is 0. The molecule has 0 bridgehead atoms. The molecule has 0 fully saturated rings. The molecule has 0 aliphatic rings. The number of allylic oxidation sites excluding steroid dienone is 1. The maximum Gasteiger partial charge on any atom is 0.331 e. The fourth-order valence-corrected chi connectivity index (χ4v) is 1.19. The molecule has 0 unspecified atom stereocenters. The van der Waals surface area contributed by atoms with Gasteiger partial charge in [-0.05, 0) is 18.3 Å². The first-order chi connectivity index (χ1) is 6.89. The van der Waals surface area contributed by atoms with E-state index in [0.717, 1.165) is 22.4 Å². The molecule has 0 aliphatic heterocycles. The van der Waals surface area contributed by atoms with Crippen molar-refractivity contribution >= 4 is 38.2 Å². The molecule has 0 aromatic heterocycles. The van der Waals surface area contributed by atoms with Gasteiger partial charge in [-0.2, -0.15) is 11.1 Å². The topological polar surface area (TPSA) is 37.3 Å². The molecule has 0 saturated carbocycles. The summed E-state index contributed by atoms with van der Waals surface area (Å²) in [5.74, 6) is -0.254. The summed E-state index contributed by atoms with van der Waals surface area (Å²) in [7, 11) is 0.778. The van der Waals surface area contributed by atoms with Crippen molar-refractivity contribution in [3.63, 3.8) is 0 Å². The third kappa shape index (κ3) is 8.97. The standard InChI is InChI=1S/C10H17ClO2.ClH3Si/c1-10(2,3)8(9(12)13)6-4-5-7-11;1-2/h6H,4-5,7H2,1-3H3,(H,12,13);2H3. The highest BCUT2D eigenvalue weighted by Crippen LogP contribution is 2.25. The molecular formula is C10H20Cl2O2Si. The number of carboxylic acids is 1. The number of rotatable bonds is 4. The molecule has 0 atom stereocenters. The van der Waals surface area contributed by atoms with E-state index in [1.165, 1.54) is 0 Å². The van der Waals surface area contributed by atoms with Gasteiger partial charge >= 0.3 is 5.97 Å². The smallest absolute Gasteiger partial charge is 0.331 e. The van der Waals surface area contributed by atoms with Gasteiger partial charge in [0.25, 0.3) is 0 Å². The van der Waals surface area contributed by atoms with E-state index in [4.69, 9.17) is 27.8 Å². The van der Waals surface area contributed by atoms with Crippen LogP contribution in [0.5, 0.6) is 0 Å². The Bertz CT molecular complexity index is 210. The van der Waals surface area contributed by atoms with Crippen LogP contribution in [-0.4, -0.2) is 26.5 Å². The first-order valence-electron chi connectivity index (χ1n) is 4.77. The van der Waals surface area contributed by atoms with Crippen LogP contribution in [-0.2, 0) is 4.79 Å². The van der Waals surface area contributed by atoms with E-state index in [9.17, 15) is 4.79 Å². The van der Waals surface area contributed by atoms with Crippen LogP contribution in [0.3, 0.4) is 0 Å². The van der Waals surface area contributed by atoms with Gasteiger partial charge in [-0.1, -0.05) is 26.8 Å². The largest absolute Gasteiger partial charge is 0.478 e. The van der Waals surface area contributed by atoms with Gasteiger partial charge in [0.2, 0.25) is 0 Å². The van der Waals surface area contributed by atoms with Gasteiger partial charge in [-0.25, -0.2) is 4.79 Å². The average molecular weight is 271 g/mol. The molecule has 0 saturated heterocycles. The summed E-state index contributed by atoms with van der Waals surface area (Å²) >= 11 is 10.3. The molecular weight excluding hydrogens is 251 g/mol. The molecule has 0 heterocycles. The van der Waals surface area contributed by atoms with E-state index in [0.29, 0.717) is 11.5 Å². The minimum Gasteiger partial charge on any atom is -0.478 e. The van der Waals surface area contributed by atoms with Crippen molar-refractivity contribution in [3.05, 3.63) is 11.6 Å². The fraction of sp³-hybridized carbons (Fsp3) is 0.700. The number of hydrogen-bond acceptors (Lipinski definition) is 1. The van der Waals surface area contributed by atoms with Gasteiger partial charge in [0, 0.05) is 11.5 Å². The van der Waals surface area contributed by atoms with Gasteiger partial charge < -0.3 is 5.11 Å². The maximum atomic E-state index is 10.8. The second kappa shape index (κ2) is 9.25. The molecule has 0 aliphatic carbocycles. The molecule has 2 nitrogen and oxygen atoms in total. The number of alkyl halides is 1. The van der Waals surface area contributed by atoms with Crippen LogP contribution in [0.1, 0.15) is 33.6 Å². The summed E-state index contributed by atoms with van der Waals surface area (Å²) in [5, 5.41) is 8.91. The van der Waals surface area contributed by atoms with Crippen molar-refractivity contribution in [1.82, 2.24) is 0 Å². The number of aliphatic carboxylic acids is 1. The first-order valence-corrected chi connectivity index (χ1v) is 8.33. The maximum absolute atomic E-state index is 10.8. The van der Waals surface area contributed by atoms with Crippen LogP contribution < -0.4 is 0 Å². The second-order valence-corrected chi connectivity index (χ2v) is 4.38. The summed E-state index contributed by atoms with van der Waals surface area (Å²) in [6, 6.07) is 0. The van der Waals surface area contributed by atoms with E-state index < -0.39 is 5.97 Å². The Balaban J connectivity index is 0. The lowest BCUT2D eigenvalue weighted by atomic mass is 9.86. The molecule has 0 radical (unpaired) electrons. The van der Waals surface area contributed by atoms with Crippen molar-refractivity contribution in [2.45, 2.75) is 33.6 Å². The molecule has 0 spiro atoms. The Morgan fingerprint density at radius 3 is 2.13 bits per heavy atom. The predicted octanol–water partition coefficient (Wildman–Crippen LogP) is 2.57. The predicted molar refractivity (Wildman–Crippen MR) is 70.9 cm³/mol. The summed E-state index contributed by atoms with van der Waals surface area (Å²) in [5.41, 5.74) is 0.177. The van der Waals surface area contributed by atoms with Crippen LogP contribution >= 0.6 is 22.7 Å². The van der Waals surface area contributed by atoms with Crippen molar-refractivity contribution in [3.8, 4) is 0 Å². The lowest BCUT2D eigenvalue weighted by Gasteiger charge is -2.19. The summed E-state index contributed by atoms with van der Waals surface area (Å²) in [6.45, 7) is 5.69. The SMILES string of the molecule is CC(C)(C)C(=CCCCCl)C(=O)O.[SiH3]Cl. The van der Waals surface area contributed by atoms with Crippen LogP contribution in [0.4, 0.5) is 0 Å². The van der Waals surface area contributed by atoms with Crippen LogP contribution in [0, 0.1) is 5.41 Å². The van der Waals surface area contributed by atoms with E-state index >= 15 is 0 Å². The highest BCUT2D eigenvalue weighted by Gasteiger charge is 2.22. The normalized spacial score (nSPS) is 11.9. The molecule has 0 aromatic rings. The minimum absolute atomic E-state index is 0.294. The van der Waals surface area contributed by atoms with Crippen LogP contribution in [0.2, 0.25) is 0 Å². The Morgan fingerprint density at radius 2 is 1.87 bits per heavy atom. The number of halogens is 2. The van der Waals surface area contributed by atoms with Crippen molar-refractivity contribution < 1.29 is 9.90 Å². The molecule has 0 aromatic carbocycles. The highest BCUT2D eigenvalue weighted by atomic mass is 35.6. The van der Waals surface area contributed by atoms with Gasteiger partial charge in [-0.3, -0.25) is 0 Å². The quantitative estimate of drug-likeness (QED) is 0.280. The molecule has 1 N–H and O–H groups in total. The molecule has 0 amide bonds. The van der Waals surface area contributed by atoms with E-state index in [-0.39, 0.29) is 5.41 Å². The first kappa shape index (κ1) is 17.4. The van der Waals surface area contributed by atoms with Crippen LogP contribution in [0.25, 0.3) is 0 Å². The molecule has 15 heavy (non-hydrogen) atoms. The minimum atomic E-state index is -0.831. The monoisotopic (exact) mass is 270 g/mol. The third-order valence-corrected chi connectivity index (χ3v) is 1.99. The van der Waals surface area contributed by atoms with Gasteiger partial charge in [-0.15, -0.1) is 11.6 Å². The zero-order valence-corrected chi connectivity index (χ0v) is 13.3. The Labute approximate surface area is 105 Å². The van der Waals surface area contributed by atoms with E-state index in [2.05, 4.69) is 0 Å². The zero-order chi connectivity index (χ0) is 12.5. The second-order valence-electron chi connectivity index (χ2n) is 4.00. The number of carbonyl (C=O) groups is 1. The van der Waals surface area contributed by atoms with E-state index in [1.54, 1.807) is 6.08 Å². The van der Waals surface area contributed by atoms with Crippen LogP contribution in [0.15, 0.2) is 11.6 Å². The number of hydrogen-bond donors (Lipinski definition) is 1. The number of carboxylic acid groups (broad SMARTS) is 1. The molecule has 90 valence electrons. The third-order valence-electron chi connectivity index (χ3n) is 1.72. The van der Waals surface area contributed by atoms with Crippen molar-refractivity contribution in [1.29, 1.82) is 0 Å². The van der Waals surface area contributed by atoms with Gasteiger partial charge in [0.1, 0.15) is 9.55 Å². The lowest BCUT2D eigenvalue weighted by molar-refractivity contribution is -0.133. The highest BCUT2D eigenvalue weighted by molar-refractivity contribution is 6.80. The van der Waals surface area contributed by atoms with Crippen molar-refractivity contribution in [2.24, 2.45) is 5.41 Å².